The predicted molar refractivity (Wildman–Crippen MR) is 55.5 cm³/mol. The molecule has 0 heterocycles. The molecule has 0 aliphatic heterocycles. The van der Waals surface area contributed by atoms with Crippen molar-refractivity contribution in [2.24, 2.45) is 0 Å². The van der Waals surface area contributed by atoms with Crippen molar-refractivity contribution >= 4 is 11.9 Å². The molecule has 80 valence electrons. The molecule has 0 fully saturated rings. The molecule has 0 aliphatic rings. The van der Waals surface area contributed by atoms with Crippen molar-refractivity contribution in [3.63, 3.8) is 0 Å². The number of amides is 1. The summed E-state index contributed by atoms with van der Waals surface area (Å²) in [4.78, 5) is 21.5. The fourth-order valence-electron chi connectivity index (χ4n) is 1.22. The molecule has 0 spiro atoms. The first-order valence-corrected chi connectivity index (χ1v) is 4.62. The van der Waals surface area contributed by atoms with Crippen LogP contribution in [0.5, 0.6) is 0 Å². The first-order chi connectivity index (χ1) is 7.09. The molecule has 1 rings (SSSR count). The van der Waals surface area contributed by atoms with Crippen LogP contribution in [0.4, 0.5) is 0 Å². The lowest BCUT2D eigenvalue weighted by atomic mass is 10.1. The summed E-state index contributed by atoms with van der Waals surface area (Å²) >= 11 is 0. The number of carboxylic acids is 1. The van der Waals surface area contributed by atoms with Crippen LogP contribution in [0.15, 0.2) is 24.3 Å². The highest BCUT2D eigenvalue weighted by atomic mass is 16.4. The molecule has 0 unspecified atom stereocenters. The van der Waals surface area contributed by atoms with Gasteiger partial charge in [0.2, 0.25) is 5.91 Å². The van der Waals surface area contributed by atoms with Crippen LogP contribution in [0.1, 0.15) is 11.1 Å². The molecule has 0 atom stereocenters. The molecule has 0 aliphatic carbocycles. The Kier molecular flexibility index (Phi) is 3.85. The minimum Gasteiger partial charge on any atom is -0.480 e. The van der Waals surface area contributed by atoms with E-state index in [4.69, 9.17) is 5.11 Å². The van der Waals surface area contributed by atoms with Gasteiger partial charge in [-0.15, -0.1) is 0 Å². The van der Waals surface area contributed by atoms with E-state index in [0.29, 0.717) is 0 Å². The first kappa shape index (κ1) is 11.2. The zero-order valence-corrected chi connectivity index (χ0v) is 8.49. The Morgan fingerprint density at radius 2 is 2.00 bits per heavy atom. The lowest BCUT2D eigenvalue weighted by molar-refractivity contribution is -0.137. The van der Waals surface area contributed by atoms with Crippen LogP contribution in [0, 0.1) is 6.92 Å². The number of carbonyl (C=O) groups excluding carboxylic acids is 1. The minimum absolute atomic E-state index is 0.222. The number of hydrogen-bond acceptors (Lipinski definition) is 2. The van der Waals surface area contributed by atoms with E-state index < -0.39 is 5.97 Å². The van der Waals surface area contributed by atoms with Gasteiger partial charge in [0.05, 0.1) is 6.42 Å². The number of aryl methyl sites for hydroxylation is 1. The molecule has 0 saturated carbocycles. The van der Waals surface area contributed by atoms with E-state index in [1.807, 2.05) is 31.2 Å². The Bertz CT molecular complexity index is 374. The molecule has 0 bridgehead atoms. The second kappa shape index (κ2) is 5.14. The van der Waals surface area contributed by atoms with E-state index in [1.165, 1.54) is 0 Å². The standard InChI is InChI=1S/C11H13NO3/c1-8-4-2-3-5-9(8)6-10(13)12-7-11(14)15/h2-5H,6-7H2,1H3,(H,12,13)(H,14,15). The zero-order valence-electron chi connectivity index (χ0n) is 8.49. The van der Waals surface area contributed by atoms with Gasteiger partial charge < -0.3 is 10.4 Å². The fraction of sp³-hybridized carbons (Fsp3) is 0.273. The maximum Gasteiger partial charge on any atom is 0.322 e. The number of rotatable bonds is 4. The van der Waals surface area contributed by atoms with E-state index in [1.54, 1.807) is 0 Å². The molecule has 4 nitrogen and oxygen atoms in total. The van der Waals surface area contributed by atoms with Crippen LogP contribution in [0.3, 0.4) is 0 Å². The predicted octanol–water partition coefficient (Wildman–Crippen LogP) is 0.738. The Morgan fingerprint density at radius 1 is 1.33 bits per heavy atom. The molecule has 15 heavy (non-hydrogen) atoms. The molecular weight excluding hydrogens is 194 g/mol. The van der Waals surface area contributed by atoms with Gasteiger partial charge in [-0.05, 0) is 18.1 Å². The average Bonchev–Trinajstić information content (AvgIpc) is 2.18. The minimum atomic E-state index is -1.03. The number of carboxylic acid groups (broad SMARTS) is 1. The van der Waals surface area contributed by atoms with Gasteiger partial charge in [-0.3, -0.25) is 9.59 Å². The van der Waals surface area contributed by atoms with E-state index in [2.05, 4.69) is 5.32 Å². The summed E-state index contributed by atoms with van der Waals surface area (Å²) in [6.07, 6.45) is 0.222. The van der Waals surface area contributed by atoms with Gasteiger partial charge in [-0.25, -0.2) is 0 Å². The normalized spacial score (nSPS) is 9.67. The summed E-state index contributed by atoms with van der Waals surface area (Å²) in [5.74, 6) is -1.31. The third kappa shape index (κ3) is 3.81. The largest absolute Gasteiger partial charge is 0.480 e. The number of aliphatic carboxylic acids is 1. The summed E-state index contributed by atoms with van der Waals surface area (Å²) in [7, 11) is 0. The molecule has 0 aromatic heterocycles. The van der Waals surface area contributed by atoms with Gasteiger partial charge in [0.25, 0.3) is 0 Å². The van der Waals surface area contributed by atoms with Gasteiger partial charge in [-0.2, -0.15) is 0 Å². The molecule has 1 amide bonds. The van der Waals surface area contributed by atoms with Gasteiger partial charge in [0.15, 0.2) is 0 Å². The monoisotopic (exact) mass is 207 g/mol. The van der Waals surface area contributed by atoms with Crippen LogP contribution in [-0.2, 0) is 16.0 Å². The lowest BCUT2D eigenvalue weighted by Gasteiger charge is -2.05. The van der Waals surface area contributed by atoms with Crippen LogP contribution < -0.4 is 5.32 Å². The summed E-state index contributed by atoms with van der Waals surface area (Å²) in [5.41, 5.74) is 1.95. The maximum absolute atomic E-state index is 11.3. The zero-order chi connectivity index (χ0) is 11.3. The van der Waals surface area contributed by atoms with Gasteiger partial charge in [0, 0.05) is 0 Å². The van der Waals surface area contributed by atoms with Crippen LogP contribution >= 0.6 is 0 Å². The smallest absolute Gasteiger partial charge is 0.322 e. The SMILES string of the molecule is Cc1ccccc1CC(=O)NCC(=O)O. The molecule has 1 aromatic rings. The van der Waals surface area contributed by atoms with Crippen molar-refractivity contribution in [3.8, 4) is 0 Å². The van der Waals surface area contributed by atoms with Crippen molar-refractivity contribution < 1.29 is 14.7 Å². The molecule has 0 radical (unpaired) electrons. The van der Waals surface area contributed by atoms with Crippen LogP contribution in [0.2, 0.25) is 0 Å². The van der Waals surface area contributed by atoms with Crippen molar-refractivity contribution in [2.45, 2.75) is 13.3 Å². The Balaban J connectivity index is 2.52. The molecular formula is C11H13NO3. The number of nitrogens with one attached hydrogen (secondary N) is 1. The van der Waals surface area contributed by atoms with Gasteiger partial charge >= 0.3 is 5.97 Å². The number of benzene rings is 1. The average molecular weight is 207 g/mol. The topological polar surface area (TPSA) is 66.4 Å². The maximum atomic E-state index is 11.3. The molecule has 0 saturated heterocycles. The first-order valence-electron chi connectivity index (χ1n) is 4.62. The molecule has 4 heteroatoms. The summed E-state index contributed by atoms with van der Waals surface area (Å²) in [6.45, 7) is 1.59. The second-order valence-corrected chi connectivity index (χ2v) is 3.27. The number of carbonyl (C=O) groups is 2. The third-order valence-corrected chi connectivity index (χ3v) is 2.05. The highest BCUT2D eigenvalue weighted by Crippen LogP contribution is 2.07. The summed E-state index contributed by atoms with van der Waals surface area (Å²) in [5, 5.41) is 10.7. The fourth-order valence-corrected chi connectivity index (χ4v) is 1.22. The van der Waals surface area contributed by atoms with Crippen molar-refractivity contribution in [2.75, 3.05) is 6.54 Å². The Morgan fingerprint density at radius 3 is 2.60 bits per heavy atom. The van der Waals surface area contributed by atoms with Gasteiger partial charge in [0.1, 0.15) is 6.54 Å². The molecule has 2 N–H and O–H groups in total. The third-order valence-electron chi connectivity index (χ3n) is 2.05. The summed E-state index contributed by atoms with van der Waals surface area (Å²) in [6, 6.07) is 7.52. The van der Waals surface area contributed by atoms with E-state index in [0.717, 1.165) is 11.1 Å². The Labute approximate surface area is 87.9 Å². The van der Waals surface area contributed by atoms with E-state index >= 15 is 0 Å². The van der Waals surface area contributed by atoms with Crippen molar-refractivity contribution in [1.82, 2.24) is 5.32 Å². The summed E-state index contributed by atoms with van der Waals surface area (Å²) < 4.78 is 0. The van der Waals surface area contributed by atoms with Crippen molar-refractivity contribution in [1.29, 1.82) is 0 Å². The highest BCUT2D eigenvalue weighted by Gasteiger charge is 2.06. The van der Waals surface area contributed by atoms with Crippen LogP contribution in [0.25, 0.3) is 0 Å². The van der Waals surface area contributed by atoms with Crippen molar-refractivity contribution in [3.05, 3.63) is 35.4 Å². The van der Waals surface area contributed by atoms with E-state index in [-0.39, 0.29) is 18.9 Å². The quantitative estimate of drug-likeness (QED) is 0.765. The highest BCUT2D eigenvalue weighted by molar-refractivity contribution is 5.82. The van der Waals surface area contributed by atoms with Crippen LogP contribution in [-0.4, -0.2) is 23.5 Å². The second-order valence-electron chi connectivity index (χ2n) is 3.27. The van der Waals surface area contributed by atoms with E-state index in [9.17, 15) is 9.59 Å². The lowest BCUT2D eigenvalue weighted by Crippen LogP contribution is -2.30. The van der Waals surface area contributed by atoms with Gasteiger partial charge in [-0.1, -0.05) is 24.3 Å². The number of hydrogen-bond donors (Lipinski definition) is 2. The Hall–Kier alpha value is -1.84. The molecule has 1 aromatic carbocycles.